The molecule has 0 aliphatic rings. The maximum Gasteiger partial charge on any atom is -0.0181 e. The molecule has 2 aromatic carbocycles. The Hall–Kier alpha value is -1.30. The van der Waals surface area contributed by atoms with E-state index in [1.165, 1.54) is 54.0 Å². The van der Waals surface area contributed by atoms with E-state index in [1.807, 2.05) is 0 Å². The molecule has 0 aliphatic carbocycles. The van der Waals surface area contributed by atoms with E-state index in [1.54, 1.807) is 0 Å². The molecule has 0 saturated carbocycles. The normalized spacial score (nSPS) is 10.9. The lowest BCUT2D eigenvalue weighted by Crippen LogP contribution is -1.86. The van der Waals surface area contributed by atoms with Crippen molar-refractivity contribution in [2.75, 3.05) is 0 Å². The van der Waals surface area contributed by atoms with E-state index in [-0.39, 0.29) is 0 Å². The molecule has 0 heterocycles. The summed E-state index contributed by atoms with van der Waals surface area (Å²) in [5.74, 6) is 0. The van der Waals surface area contributed by atoms with Crippen LogP contribution in [0, 0.1) is 6.92 Å². The molecule has 17 heavy (non-hydrogen) atoms. The molecular weight excluding hydrogens is 204 g/mol. The van der Waals surface area contributed by atoms with E-state index in [0.29, 0.717) is 0 Å². The third-order valence-corrected chi connectivity index (χ3v) is 3.38. The third kappa shape index (κ3) is 3.33. The SMILES string of the molecule is CCCCCCc1ccc2cc(C)ccc2c1. The first-order valence-corrected chi connectivity index (χ1v) is 6.79. The topological polar surface area (TPSA) is 0 Å². The number of hydrogen-bond acceptors (Lipinski definition) is 0. The second-order valence-electron chi connectivity index (χ2n) is 5.00. The Morgan fingerprint density at radius 1 is 0.824 bits per heavy atom. The summed E-state index contributed by atoms with van der Waals surface area (Å²) in [6.07, 6.45) is 6.60. The predicted molar refractivity (Wildman–Crippen MR) is 76.5 cm³/mol. The Kier molecular flexibility index (Phi) is 4.19. The lowest BCUT2D eigenvalue weighted by molar-refractivity contribution is 0.667. The molecule has 0 heteroatoms. The second-order valence-corrected chi connectivity index (χ2v) is 5.00. The molecule has 90 valence electrons. The molecule has 0 nitrogen and oxygen atoms in total. The molecule has 0 bridgehead atoms. The summed E-state index contributed by atoms with van der Waals surface area (Å²) in [5.41, 5.74) is 2.82. The van der Waals surface area contributed by atoms with Crippen molar-refractivity contribution in [1.82, 2.24) is 0 Å². The van der Waals surface area contributed by atoms with Crippen LogP contribution in [0.15, 0.2) is 36.4 Å². The van der Waals surface area contributed by atoms with Gasteiger partial charge in [0.15, 0.2) is 0 Å². The van der Waals surface area contributed by atoms with Crippen LogP contribution in [0.2, 0.25) is 0 Å². The number of hydrogen-bond donors (Lipinski definition) is 0. The van der Waals surface area contributed by atoms with Gasteiger partial charge in [-0.1, -0.05) is 68.1 Å². The van der Waals surface area contributed by atoms with E-state index in [0.717, 1.165) is 0 Å². The highest BCUT2D eigenvalue weighted by Gasteiger charge is 1.97. The van der Waals surface area contributed by atoms with E-state index < -0.39 is 0 Å². The molecule has 0 aliphatic heterocycles. The molecule has 0 amide bonds. The van der Waals surface area contributed by atoms with Gasteiger partial charge in [0.2, 0.25) is 0 Å². The van der Waals surface area contributed by atoms with Gasteiger partial charge in [0.05, 0.1) is 0 Å². The molecular formula is C17H22. The Morgan fingerprint density at radius 2 is 1.59 bits per heavy atom. The summed E-state index contributed by atoms with van der Waals surface area (Å²) in [4.78, 5) is 0. The van der Waals surface area contributed by atoms with Gasteiger partial charge in [-0.15, -0.1) is 0 Å². The fourth-order valence-corrected chi connectivity index (χ4v) is 2.33. The standard InChI is InChI=1S/C17H22/c1-3-4-5-6-7-15-9-11-16-12-14(2)8-10-17(16)13-15/h8-13H,3-7H2,1-2H3. The maximum atomic E-state index is 2.35. The maximum absolute atomic E-state index is 2.35. The average molecular weight is 226 g/mol. The molecule has 0 radical (unpaired) electrons. The van der Waals surface area contributed by atoms with Crippen molar-refractivity contribution in [2.24, 2.45) is 0 Å². The Morgan fingerprint density at radius 3 is 2.41 bits per heavy atom. The number of rotatable bonds is 5. The minimum absolute atomic E-state index is 1.23. The van der Waals surface area contributed by atoms with E-state index in [4.69, 9.17) is 0 Å². The van der Waals surface area contributed by atoms with Gasteiger partial charge in [0.25, 0.3) is 0 Å². The molecule has 0 unspecified atom stereocenters. The summed E-state index contributed by atoms with van der Waals surface area (Å²) in [6, 6.07) is 13.6. The van der Waals surface area contributed by atoms with Crippen molar-refractivity contribution >= 4 is 10.8 Å². The monoisotopic (exact) mass is 226 g/mol. The predicted octanol–water partition coefficient (Wildman–Crippen LogP) is 5.27. The van der Waals surface area contributed by atoms with Crippen LogP contribution >= 0.6 is 0 Å². The van der Waals surface area contributed by atoms with E-state index >= 15 is 0 Å². The van der Waals surface area contributed by atoms with Crippen LogP contribution in [0.25, 0.3) is 10.8 Å². The van der Waals surface area contributed by atoms with Crippen LogP contribution in [-0.4, -0.2) is 0 Å². The minimum atomic E-state index is 1.23. The average Bonchev–Trinajstić information content (AvgIpc) is 2.35. The molecule has 0 spiro atoms. The number of aryl methyl sites for hydroxylation is 2. The summed E-state index contributed by atoms with van der Waals surface area (Å²) >= 11 is 0. The van der Waals surface area contributed by atoms with Gasteiger partial charge in [-0.2, -0.15) is 0 Å². The van der Waals surface area contributed by atoms with Crippen molar-refractivity contribution in [1.29, 1.82) is 0 Å². The van der Waals surface area contributed by atoms with Crippen molar-refractivity contribution in [3.63, 3.8) is 0 Å². The highest BCUT2D eigenvalue weighted by Crippen LogP contribution is 2.19. The van der Waals surface area contributed by atoms with Crippen LogP contribution in [0.3, 0.4) is 0 Å². The smallest absolute Gasteiger partial charge is 0.0181 e. The van der Waals surface area contributed by atoms with Crippen molar-refractivity contribution in [2.45, 2.75) is 46.0 Å². The van der Waals surface area contributed by atoms with Crippen LogP contribution in [0.1, 0.15) is 43.7 Å². The van der Waals surface area contributed by atoms with E-state index in [2.05, 4.69) is 50.2 Å². The van der Waals surface area contributed by atoms with Gasteiger partial charge in [-0.25, -0.2) is 0 Å². The largest absolute Gasteiger partial charge is 0.0654 e. The molecule has 0 aromatic heterocycles. The number of benzene rings is 2. The highest BCUT2D eigenvalue weighted by molar-refractivity contribution is 5.83. The van der Waals surface area contributed by atoms with Crippen LogP contribution in [-0.2, 0) is 6.42 Å². The summed E-state index contributed by atoms with van der Waals surface area (Å²) in [5, 5.41) is 2.74. The summed E-state index contributed by atoms with van der Waals surface area (Å²) in [6.45, 7) is 4.41. The van der Waals surface area contributed by atoms with Gasteiger partial charge in [-0.05, 0) is 36.1 Å². The lowest BCUT2D eigenvalue weighted by Gasteiger charge is -2.04. The van der Waals surface area contributed by atoms with Gasteiger partial charge in [-0.3, -0.25) is 0 Å². The zero-order chi connectivity index (χ0) is 12.1. The summed E-state index contributed by atoms with van der Waals surface area (Å²) < 4.78 is 0. The Balaban J connectivity index is 2.07. The minimum Gasteiger partial charge on any atom is -0.0654 e. The molecule has 2 aromatic rings. The molecule has 0 atom stereocenters. The fourth-order valence-electron chi connectivity index (χ4n) is 2.33. The first kappa shape index (κ1) is 12.2. The van der Waals surface area contributed by atoms with Gasteiger partial charge >= 0.3 is 0 Å². The van der Waals surface area contributed by atoms with Crippen molar-refractivity contribution in [3.05, 3.63) is 47.5 Å². The quantitative estimate of drug-likeness (QED) is 0.609. The molecule has 2 rings (SSSR count). The van der Waals surface area contributed by atoms with Crippen LogP contribution in [0.4, 0.5) is 0 Å². The van der Waals surface area contributed by atoms with Crippen molar-refractivity contribution < 1.29 is 0 Å². The molecule has 0 saturated heterocycles. The Bertz CT molecular complexity index is 482. The first-order valence-electron chi connectivity index (χ1n) is 6.79. The molecule has 0 N–H and O–H groups in total. The van der Waals surface area contributed by atoms with Crippen LogP contribution in [0.5, 0.6) is 0 Å². The fraction of sp³-hybridized carbons (Fsp3) is 0.412. The molecule has 0 fully saturated rings. The van der Waals surface area contributed by atoms with Gasteiger partial charge < -0.3 is 0 Å². The summed E-state index contributed by atoms with van der Waals surface area (Å²) in [7, 11) is 0. The van der Waals surface area contributed by atoms with E-state index in [9.17, 15) is 0 Å². The number of fused-ring (bicyclic) bond motifs is 1. The third-order valence-electron chi connectivity index (χ3n) is 3.38. The van der Waals surface area contributed by atoms with Crippen LogP contribution < -0.4 is 0 Å². The van der Waals surface area contributed by atoms with Gasteiger partial charge in [0.1, 0.15) is 0 Å². The second kappa shape index (κ2) is 5.86. The van der Waals surface area contributed by atoms with Gasteiger partial charge in [0, 0.05) is 0 Å². The Labute approximate surface area is 105 Å². The first-order chi connectivity index (χ1) is 8.29. The highest BCUT2D eigenvalue weighted by atomic mass is 14.0. The number of unbranched alkanes of at least 4 members (excludes halogenated alkanes) is 3. The zero-order valence-electron chi connectivity index (χ0n) is 11.0. The zero-order valence-corrected chi connectivity index (χ0v) is 11.0. The van der Waals surface area contributed by atoms with Crippen molar-refractivity contribution in [3.8, 4) is 0 Å². The lowest BCUT2D eigenvalue weighted by atomic mass is 10.0.